The Morgan fingerprint density at radius 3 is 1.53 bits per heavy atom. The highest BCUT2D eigenvalue weighted by atomic mass is 32.2. The fourth-order valence-corrected chi connectivity index (χ4v) is 6.67. The predicted molar refractivity (Wildman–Crippen MR) is 147 cm³/mol. The number of benzene rings is 3. The van der Waals surface area contributed by atoms with Crippen LogP contribution in [0.3, 0.4) is 0 Å². The Labute approximate surface area is 264 Å². The Morgan fingerprint density at radius 2 is 1.13 bits per heavy atom. The van der Waals surface area contributed by atoms with Crippen LogP contribution < -0.4 is 9.47 Å². The lowest BCUT2D eigenvalue weighted by Crippen LogP contribution is -2.63. The zero-order valence-electron chi connectivity index (χ0n) is 23.7. The van der Waals surface area contributed by atoms with Crippen molar-refractivity contribution >= 4 is 27.0 Å². The molecule has 19 heteroatoms. The van der Waals surface area contributed by atoms with Gasteiger partial charge in [-0.05, 0) is 67.6 Å². The van der Waals surface area contributed by atoms with Gasteiger partial charge in [-0.1, -0.05) is 18.2 Å². The summed E-state index contributed by atoms with van der Waals surface area (Å²) in [4.78, 5) is 14.0. The van der Waals surface area contributed by atoms with Crippen LogP contribution in [-0.2, 0) is 30.5 Å². The van der Waals surface area contributed by atoms with E-state index in [-0.39, 0.29) is 11.5 Å². The highest BCUT2D eigenvalue weighted by Gasteiger charge is 2.76. The van der Waals surface area contributed by atoms with Crippen LogP contribution >= 0.6 is 0 Å². The van der Waals surface area contributed by atoms with Crippen LogP contribution in [0.5, 0.6) is 11.5 Å². The standard InChI is InChI=1S/C28H23F9O8S2/c1-24(39,26(29,30)31)16-44-19-9-13-22(14-10-19)46(20-5-3-2-4-6-20)21-11-7-18(8-12-21)43-15-23(38)45-25(27(32,33)34,28(35,36)37)17-47(40,41)42/h2-14,39H,15-17H2,1H3/p+1. The summed E-state index contributed by atoms with van der Waals surface area (Å²) in [6.07, 6.45) is -17.9. The van der Waals surface area contributed by atoms with Crippen LogP contribution in [-0.4, -0.2) is 72.7 Å². The number of rotatable bonds is 12. The smallest absolute Gasteiger partial charge is 0.438 e. The first kappa shape index (κ1) is 37.8. The van der Waals surface area contributed by atoms with E-state index in [1.165, 1.54) is 36.4 Å². The maximum Gasteiger partial charge on any atom is 0.438 e. The first-order valence-corrected chi connectivity index (χ1v) is 15.6. The summed E-state index contributed by atoms with van der Waals surface area (Å²) >= 11 is 0. The van der Waals surface area contributed by atoms with Crippen molar-refractivity contribution < 1.29 is 76.6 Å². The lowest BCUT2D eigenvalue weighted by molar-refractivity contribution is -0.361. The van der Waals surface area contributed by atoms with E-state index in [1.54, 1.807) is 42.5 Å². The van der Waals surface area contributed by atoms with E-state index in [0.717, 1.165) is 4.90 Å². The van der Waals surface area contributed by atoms with Gasteiger partial charge in [0.2, 0.25) is 0 Å². The summed E-state index contributed by atoms with van der Waals surface area (Å²) in [5.74, 6) is -5.45. The third-order valence-electron chi connectivity index (χ3n) is 6.17. The molecule has 0 amide bonds. The molecule has 0 bridgehead atoms. The second kappa shape index (κ2) is 13.8. The molecule has 3 rings (SSSR count). The quantitative estimate of drug-likeness (QED) is 0.0990. The van der Waals surface area contributed by atoms with Crippen LogP contribution in [0.1, 0.15) is 6.92 Å². The van der Waals surface area contributed by atoms with Gasteiger partial charge in [0.05, 0.1) is 10.9 Å². The van der Waals surface area contributed by atoms with Crippen LogP contribution in [0.25, 0.3) is 0 Å². The molecule has 0 aliphatic heterocycles. The van der Waals surface area contributed by atoms with E-state index in [4.69, 9.17) is 14.0 Å². The Hall–Kier alpha value is -3.68. The van der Waals surface area contributed by atoms with Gasteiger partial charge >= 0.3 is 30.1 Å². The Bertz CT molecular complexity index is 1590. The summed E-state index contributed by atoms with van der Waals surface area (Å²) in [6.45, 7) is -2.01. The Morgan fingerprint density at radius 1 is 0.702 bits per heavy atom. The van der Waals surface area contributed by atoms with Crippen molar-refractivity contribution in [1.29, 1.82) is 0 Å². The third kappa shape index (κ3) is 9.45. The number of aliphatic hydroxyl groups is 1. The lowest BCUT2D eigenvalue weighted by Gasteiger charge is -2.35. The van der Waals surface area contributed by atoms with Gasteiger partial charge in [-0.2, -0.15) is 47.9 Å². The fourth-order valence-electron chi connectivity index (χ4n) is 3.71. The molecule has 0 aliphatic rings. The number of hydrogen-bond acceptors (Lipinski definition) is 7. The Balaban J connectivity index is 1.80. The van der Waals surface area contributed by atoms with Crippen molar-refractivity contribution in [3.8, 4) is 11.5 Å². The minimum atomic E-state index is -6.49. The van der Waals surface area contributed by atoms with Crippen molar-refractivity contribution in [3.05, 3.63) is 78.9 Å². The molecule has 0 saturated heterocycles. The van der Waals surface area contributed by atoms with E-state index in [9.17, 15) is 57.8 Å². The largest absolute Gasteiger partial charge is 0.490 e. The molecule has 0 aliphatic carbocycles. The molecule has 2 N–H and O–H groups in total. The van der Waals surface area contributed by atoms with E-state index in [2.05, 4.69) is 4.74 Å². The van der Waals surface area contributed by atoms with Gasteiger partial charge in [0, 0.05) is 0 Å². The lowest BCUT2D eigenvalue weighted by atomic mass is 10.1. The van der Waals surface area contributed by atoms with Gasteiger partial charge in [-0.15, -0.1) is 0 Å². The second-order valence-corrected chi connectivity index (χ2v) is 13.4. The van der Waals surface area contributed by atoms with Gasteiger partial charge in [0.1, 0.15) is 23.9 Å². The average Bonchev–Trinajstić information content (AvgIpc) is 2.94. The van der Waals surface area contributed by atoms with Crippen LogP contribution in [0, 0.1) is 0 Å². The first-order valence-electron chi connectivity index (χ1n) is 12.8. The van der Waals surface area contributed by atoms with Crippen LogP contribution in [0.2, 0.25) is 0 Å². The summed E-state index contributed by atoms with van der Waals surface area (Å²) in [6, 6.07) is 20.1. The van der Waals surface area contributed by atoms with Gasteiger partial charge in [-0.3, -0.25) is 4.55 Å². The molecule has 0 fully saturated rings. The SMILES string of the molecule is CC(O)(COc1ccc([S+](c2ccccc2)c2ccc(OCC(=O)OC(CS(=O)(=O)O)(C(F)(F)F)C(F)(F)F)cc2)cc1)C(F)(F)F. The number of alkyl halides is 9. The molecular weight excluding hydrogens is 699 g/mol. The molecule has 3 aromatic carbocycles. The van der Waals surface area contributed by atoms with Crippen molar-refractivity contribution in [3.63, 3.8) is 0 Å². The van der Waals surface area contributed by atoms with E-state index < -0.39 is 75.7 Å². The molecule has 2 unspecified atom stereocenters. The monoisotopic (exact) mass is 723 g/mol. The topological polar surface area (TPSA) is 119 Å². The van der Waals surface area contributed by atoms with E-state index in [0.29, 0.717) is 16.7 Å². The zero-order valence-corrected chi connectivity index (χ0v) is 25.3. The average molecular weight is 724 g/mol. The van der Waals surface area contributed by atoms with Crippen molar-refractivity contribution in [2.75, 3.05) is 19.0 Å². The highest BCUT2D eigenvalue weighted by Crippen LogP contribution is 2.47. The van der Waals surface area contributed by atoms with E-state index in [1.807, 2.05) is 0 Å². The van der Waals surface area contributed by atoms with Gasteiger partial charge in [0.25, 0.3) is 10.1 Å². The van der Waals surface area contributed by atoms with Gasteiger partial charge < -0.3 is 19.3 Å². The molecule has 0 saturated carbocycles. The molecule has 0 spiro atoms. The summed E-state index contributed by atoms with van der Waals surface area (Å²) in [5, 5.41) is 9.59. The summed E-state index contributed by atoms with van der Waals surface area (Å²) in [7, 11) is -6.84. The molecule has 258 valence electrons. The third-order valence-corrected chi connectivity index (χ3v) is 9.18. The van der Waals surface area contributed by atoms with Crippen molar-refractivity contribution in [2.24, 2.45) is 0 Å². The van der Waals surface area contributed by atoms with Crippen LogP contribution in [0.4, 0.5) is 39.5 Å². The number of halogens is 9. The fraction of sp³-hybridized carbons (Fsp3) is 0.321. The maximum atomic E-state index is 13.4. The summed E-state index contributed by atoms with van der Waals surface area (Å²) < 4.78 is 164. The molecule has 0 heterocycles. The second-order valence-electron chi connectivity index (χ2n) is 9.93. The number of hydrogen-bond donors (Lipinski definition) is 2. The Kier molecular flexibility index (Phi) is 11.1. The number of carbonyl (C=O) groups excluding carboxylic acids is 1. The molecule has 47 heavy (non-hydrogen) atoms. The van der Waals surface area contributed by atoms with Gasteiger partial charge in [-0.25, -0.2) is 4.79 Å². The molecule has 0 radical (unpaired) electrons. The molecular formula is C28H24F9O8S2+. The van der Waals surface area contributed by atoms with Gasteiger partial charge in [0.15, 0.2) is 26.9 Å². The van der Waals surface area contributed by atoms with Crippen molar-refractivity contribution in [1.82, 2.24) is 0 Å². The van der Waals surface area contributed by atoms with E-state index >= 15 is 0 Å². The molecule has 0 aromatic heterocycles. The number of esters is 1. The highest BCUT2D eigenvalue weighted by molar-refractivity contribution is 7.97. The minimum Gasteiger partial charge on any atom is -0.490 e. The molecule has 3 aromatic rings. The molecule has 2 atom stereocenters. The number of ether oxygens (including phenoxy) is 3. The minimum absolute atomic E-state index is 0.0298. The predicted octanol–water partition coefficient (Wildman–Crippen LogP) is 6.15. The van der Waals surface area contributed by atoms with Crippen LogP contribution in [0.15, 0.2) is 93.5 Å². The van der Waals surface area contributed by atoms with Crippen molar-refractivity contribution in [2.45, 2.75) is 51.3 Å². The first-order chi connectivity index (χ1) is 21.5. The zero-order chi connectivity index (χ0) is 35.5. The molecule has 8 nitrogen and oxygen atoms in total. The maximum absolute atomic E-state index is 13.4. The normalized spacial score (nSPS) is 15.0. The summed E-state index contributed by atoms with van der Waals surface area (Å²) in [5.41, 5.74) is -8.67. The number of carbonyl (C=O) groups is 1.